The molecule has 0 bridgehead atoms. The minimum absolute atomic E-state index is 0.0162. The van der Waals surface area contributed by atoms with E-state index in [1.54, 1.807) is 0 Å². The van der Waals surface area contributed by atoms with Crippen molar-refractivity contribution in [1.82, 2.24) is 4.98 Å². The molecule has 1 unspecified atom stereocenters. The van der Waals surface area contributed by atoms with Crippen molar-refractivity contribution in [1.29, 1.82) is 0 Å². The first-order valence-corrected chi connectivity index (χ1v) is 3.90. The molecule has 1 aromatic rings. The molecular weight excluding hydrogens is 138 g/mol. The van der Waals surface area contributed by atoms with Crippen molar-refractivity contribution in [3.05, 3.63) is 24.0 Å². The zero-order valence-electron chi connectivity index (χ0n) is 6.38. The summed E-state index contributed by atoms with van der Waals surface area (Å²) >= 11 is 0. The Labute approximate surface area is 65.8 Å². The van der Waals surface area contributed by atoms with Crippen molar-refractivity contribution in [3.8, 4) is 0 Å². The first-order valence-electron chi connectivity index (χ1n) is 3.90. The van der Waals surface area contributed by atoms with Crippen LogP contribution < -0.4 is 11.5 Å². The minimum atomic E-state index is -0.120. The van der Waals surface area contributed by atoms with Gasteiger partial charge in [-0.25, -0.2) is 0 Å². The molecule has 0 spiro atoms. The number of hydrogen-bond donors (Lipinski definition) is 3. The average Bonchev–Trinajstić information content (AvgIpc) is 2.54. The molecule has 1 aliphatic carbocycles. The van der Waals surface area contributed by atoms with Gasteiger partial charge in [0.2, 0.25) is 0 Å². The molecule has 1 heterocycles. The van der Waals surface area contributed by atoms with Gasteiger partial charge in [-0.3, -0.25) is 0 Å². The second-order valence-electron chi connectivity index (χ2n) is 3.34. The van der Waals surface area contributed by atoms with Crippen molar-refractivity contribution in [3.63, 3.8) is 0 Å². The third kappa shape index (κ3) is 1.06. The molecule has 0 aliphatic heterocycles. The van der Waals surface area contributed by atoms with Crippen LogP contribution in [0.25, 0.3) is 0 Å². The summed E-state index contributed by atoms with van der Waals surface area (Å²) in [5.41, 5.74) is 12.8. The van der Waals surface area contributed by atoms with E-state index < -0.39 is 0 Å². The Hall–Kier alpha value is -0.800. The van der Waals surface area contributed by atoms with Gasteiger partial charge >= 0.3 is 0 Å². The van der Waals surface area contributed by atoms with Gasteiger partial charge in [0, 0.05) is 17.4 Å². The molecule has 11 heavy (non-hydrogen) atoms. The number of nitrogens with one attached hydrogen (secondary N) is 1. The molecule has 0 radical (unpaired) electrons. The Balaban J connectivity index is 2.17. The highest BCUT2D eigenvalue weighted by Crippen LogP contribution is 2.41. The standard InChI is InChI=1S/C8H13N3/c9-7(8(10)3-4-8)6-2-1-5-11-6/h1-2,5,7,11H,3-4,9-10H2. The van der Waals surface area contributed by atoms with Gasteiger partial charge < -0.3 is 16.5 Å². The molecule has 1 fully saturated rings. The van der Waals surface area contributed by atoms with E-state index in [0.29, 0.717) is 0 Å². The van der Waals surface area contributed by atoms with Gasteiger partial charge in [-0.15, -0.1) is 0 Å². The molecule has 0 saturated heterocycles. The van der Waals surface area contributed by atoms with Gasteiger partial charge in [0.1, 0.15) is 0 Å². The molecular formula is C8H13N3. The van der Waals surface area contributed by atoms with Gasteiger partial charge in [0.25, 0.3) is 0 Å². The predicted octanol–water partition coefficient (Wildman–Crippen LogP) is 0.506. The van der Waals surface area contributed by atoms with Crippen LogP contribution in [0.5, 0.6) is 0 Å². The molecule has 5 N–H and O–H groups in total. The van der Waals surface area contributed by atoms with Crippen LogP contribution >= 0.6 is 0 Å². The maximum absolute atomic E-state index is 5.94. The first kappa shape index (κ1) is 6.88. The fraction of sp³-hybridized carbons (Fsp3) is 0.500. The summed E-state index contributed by atoms with van der Waals surface area (Å²) in [6, 6.07) is 3.91. The molecule has 3 heteroatoms. The first-order chi connectivity index (χ1) is 5.22. The van der Waals surface area contributed by atoms with Gasteiger partial charge in [-0.2, -0.15) is 0 Å². The zero-order chi connectivity index (χ0) is 7.90. The monoisotopic (exact) mass is 151 g/mol. The lowest BCUT2D eigenvalue weighted by atomic mass is 10.1. The van der Waals surface area contributed by atoms with Crippen molar-refractivity contribution >= 4 is 0 Å². The van der Waals surface area contributed by atoms with E-state index in [4.69, 9.17) is 11.5 Å². The second kappa shape index (κ2) is 2.09. The van der Waals surface area contributed by atoms with E-state index in [0.717, 1.165) is 18.5 Å². The van der Waals surface area contributed by atoms with E-state index in [1.807, 2.05) is 18.3 Å². The molecule has 3 nitrogen and oxygen atoms in total. The zero-order valence-corrected chi connectivity index (χ0v) is 6.38. The fourth-order valence-corrected chi connectivity index (χ4v) is 1.30. The van der Waals surface area contributed by atoms with E-state index in [9.17, 15) is 0 Å². The van der Waals surface area contributed by atoms with E-state index >= 15 is 0 Å². The smallest absolute Gasteiger partial charge is 0.0630 e. The number of aromatic amines is 1. The SMILES string of the molecule is NC(c1ccc[nH]1)C1(N)CC1. The minimum Gasteiger partial charge on any atom is -0.364 e. The Bertz CT molecular complexity index is 236. The lowest BCUT2D eigenvalue weighted by Crippen LogP contribution is -2.36. The molecule has 1 saturated carbocycles. The maximum atomic E-state index is 5.94. The van der Waals surface area contributed by atoms with Crippen molar-refractivity contribution < 1.29 is 0 Å². The normalized spacial score (nSPS) is 23.1. The lowest BCUT2D eigenvalue weighted by Gasteiger charge is -2.16. The van der Waals surface area contributed by atoms with Crippen LogP contribution in [0.2, 0.25) is 0 Å². The number of aromatic nitrogens is 1. The third-order valence-corrected chi connectivity index (χ3v) is 2.40. The number of H-pyrrole nitrogens is 1. The van der Waals surface area contributed by atoms with E-state index in [1.165, 1.54) is 0 Å². The van der Waals surface area contributed by atoms with E-state index in [-0.39, 0.29) is 11.6 Å². The molecule has 1 aromatic heterocycles. The highest BCUT2D eigenvalue weighted by atomic mass is 14.9. The Kier molecular flexibility index (Phi) is 1.31. The van der Waals surface area contributed by atoms with Gasteiger partial charge in [0.15, 0.2) is 0 Å². The quantitative estimate of drug-likeness (QED) is 0.576. The number of nitrogens with two attached hydrogens (primary N) is 2. The van der Waals surface area contributed by atoms with Crippen LogP contribution in [0, 0.1) is 0 Å². The summed E-state index contributed by atoms with van der Waals surface area (Å²) < 4.78 is 0. The summed E-state index contributed by atoms with van der Waals surface area (Å²) in [7, 11) is 0. The summed E-state index contributed by atoms with van der Waals surface area (Å²) in [6.45, 7) is 0. The Morgan fingerprint density at radius 1 is 1.55 bits per heavy atom. The highest BCUT2D eigenvalue weighted by Gasteiger charge is 2.44. The number of hydrogen-bond acceptors (Lipinski definition) is 2. The Morgan fingerprint density at radius 3 is 2.73 bits per heavy atom. The summed E-state index contributed by atoms with van der Waals surface area (Å²) in [4.78, 5) is 3.08. The largest absolute Gasteiger partial charge is 0.364 e. The van der Waals surface area contributed by atoms with Crippen LogP contribution in [0.3, 0.4) is 0 Å². The van der Waals surface area contributed by atoms with Crippen molar-refractivity contribution in [2.45, 2.75) is 24.4 Å². The van der Waals surface area contributed by atoms with Crippen LogP contribution in [0.1, 0.15) is 24.6 Å². The molecule has 1 atom stereocenters. The van der Waals surface area contributed by atoms with Crippen LogP contribution in [-0.4, -0.2) is 10.5 Å². The summed E-state index contributed by atoms with van der Waals surface area (Å²) in [5, 5.41) is 0. The number of rotatable bonds is 2. The van der Waals surface area contributed by atoms with Crippen LogP contribution in [-0.2, 0) is 0 Å². The summed E-state index contributed by atoms with van der Waals surface area (Å²) in [5.74, 6) is 0. The van der Waals surface area contributed by atoms with Crippen LogP contribution in [0.15, 0.2) is 18.3 Å². The topological polar surface area (TPSA) is 67.8 Å². The van der Waals surface area contributed by atoms with E-state index in [2.05, 4.69) is 4.98 Å². The maximum Gasteiger partial charge on any atom is 0.0630 e. The van der Waals surface area contributed by atoms with Gasteiger partial charge in [-0.1, -0.05) is 0 Å². The average molecular weight is 151 g/mol. The molecule has 1 aliphatic rings. The lowest BCUT2D eigenvalue weighted by molar-refractivity contribution is 0.526. The molecule has 0 aromatic carbocycles. The van der Waals surface area contributed by atoms with Crippen LogP contribution in [0.4, 0.5) is 0 Å². The fourth-order valence-electron chi connectivity index (χ4n) is 1.30. The summed E-state index contributed by atoms with van der Waals surface area (Å²) in [6.07, 6.45) is 3.97. The molecule has 2 rings (SSSR count). The predicted molar refractivity (Wildman–Crippen MR) is 43.9 cm³/mol. The third-order valence-electron chi connectivity index (χ3n) is 2.40. The van der Waals surface area contributed by atoms with Gasteiger partial charge in [-0.05, 0) is 25.0 Å². The Morgan fingerprint density at radius 2 is 2.27 bits per heavy atom. The second-order valence-corrected chi connectivity index (χ2v) is 3.34. The van der Waals surface area contributed by atoms with Gasteiger partial charge in [0.05, 0.1) is 6.04 Å². The van der Waals surface area contributed by atoms with Crippen molar-refractivity contribution in [2.24, 2.45) is 11.5 Å². The molecule has 0 amide bonds. The highest BCUT2D eigenvalue weighted by molar-refractivity contribution is 5.19. The molecule has 60 valence electrons. The van der Waals surface area contributed by atoms with Crippen molar-refractivity contribution in [2.75, 3.05) is 0 Å².